The first kappa shape index (κ1) is 16.6. The number of hydrogen-bond donors (Lipinski definition) is 0. The molecule has 0 aliphatic heterocycles. The summed E-state index contributed by atoms with van der Waals surface area (Å²) in [6.07, 6.45) is 2.84. The third kappa shape index (κ3) is 3.50. The van der Waals surface area contributed by atoms with Crippen molar-refractivity contribution in [1.29, 1.82) is 0 Å². The molecular weight excluding hydrogens is 324 g/mol. The summed E-state index contributed by atoms with van der Waals surface area (Å²) in [6.45, 7) is 3.72. The Bertz CT molecular complexity index is 1010. The van der Waals surface area contributed by atoms with Crippen molar-refractivity contribution in [3.8, 4) is 11.6 Å². The summed E-state index contributed by atoms with van der Waals surface area (Å²) < 4.78 is 11.0. The Morgan fingerprint density at radius 1 is 1.28 bits per heavy atom. The van der Waals surface area contributed by atoms with Crippen LogP contribution in [0, 0.1) is 17.0 Å². The van der Waals surface area contributed by atoms with Crippen molar-refractivity contribution in [2.24, 2.45) is 0 Å². The molecule has 7 heteroatoms. The van der Waals surface area contributed by atoms with Crippen molar-refractivity contribution in [2.75, 3.05) is 0 Å². The van der Waals surface area contributed by atoms with Crippen LogP contribution in [-0.2, 0) is 6.42 Å². The van der Waals surface area contributed by atoms with Gasteiger partial charge in [-0.05, 0) is 31.0 Å². The van der Waals surface area contributed by atoms with Gasteiger partial charge in [0.05, 0.1) is 4.92 Å². The standard InChI is InChI=1S/C18H16N2O5/c1-3-4-12-8-17(21)25-16-9-14(5-6-15(12)16)24-18-11(2)7-13(10-19-18)20(22)23/h5-10H,3-4H2,1-2H3. The zero-order chi connectivity index (χ0) is 18.0. The highest BCUT2D eigenvalue weighted by Gasteiger charge is 2.12. The van der Waals surface area contributed by atoms with Crippen LogP contribution in [0.1, 0.15) is 24.5 Å². The second kappa shape index (κ2) is 6.72. The number of hydrogen-bond acceptors (Lipinski definition) is 6. The van der Waals surface area contributed by atoms with E-state index in [1.54, 1.807) is 19.1 Å². The van der Waals surface area contributed by atoms with Gasteiger partial charge in [-0.25, -0.2) is 9.78 Å². The Labute approximate surface area is 143 Å². The zero-order valence-corrected chi connectivity index (χ0v) is 13.8. The van der Waals surface area contributed by atoms with E-state index in [0.717, 1.165) is 30.0 Å². The fourth-order valence-corrected chi connectivity index (χ4v) is 2.62. The molecule has 3 rings (SSSR count). The Morgan fingerprint density at radius 3 is 2.76 bits per heavy atom. The number of fused-ring (bicyclic) bond motifs is 1. The molecule has 128 valence electrons. The van der Waals surface area contributed by atoms with Gasteiger partial charge in [0, 0.05) is 29.1 Å². The lowest BCUT2D eigenvalue weighted by Crippen LogP contribution is -2.01. The van der Waals surface area contributed by atoms with Gasteiger partial charge >= 0.3 is 5.63 Å². The molecule has 0 aliphatic rings. The molecule has 0 amide bonds. The monoisotopic (exact) mass is 340 g/mol. The van der Waals surface area contributed by atoms with E-state index in [9.17, 15) is 14.9 Å². The SMILES string of the molecule is CCCc1cc(=O)oc2cc(Oc3ncc([N+](=O)[O-])cc3C)ccc12. The van der Waals surface area contributed by atoms with E-state index in [1.807, 2.05) is 13.0 Å². The van der Waals surface area contributed by atoms with Gasteiger partial charge in [0.1, 0.15) is 17.5 Å². The van der Waals surface area contributed by atoms with Gasteiger partial charge in [-0.3, -0.25) is 10.1 Å². The molecule has 0 fully saturated rings. The lowest BCUT2D eigenvalue weighted by atomic mass is 10.1. The molecule has 3 aromatic rings. The van der Waals surface area contributed by atoms with Crippen LogP contribution in [0.3, 0.4) is 0 Å². The van der Waals surface area contributed by atoms with Crippen molar-refractivity contribution in [3.63, 3.8) is 0 Å². The van der Waals surface area contributed by atoms with Gasteiger partial charge in [0.25, 0.3) is 5.69 Å². The summed E-state index contributed by atoms with van der Waals surface area (Å²) in [6, 6.07) is 8.11. The maximum atomic E-state index is 11.7. The molecule has 0 saturated heterocycles. The van der Waals surface area contributed by atoms with Gasteiger partial charge in [-0.2, -0.15) is 0 Å². The third-order valence-corrected chi connectivity index (χ3v) is 3.76. The molecule has 0 atom stereocenters. The maximum absolute atomic E-state index is 11.7. The van der Waals surface area contributed by atoms with Crippen LogP contribution in [0.2, 0.25) is 0 Å². The minimum absolute atomic E-state index is 0.0986. The Kier molecular flexibility index (Phi) is 4.47. The second-order valence-corrected chi connectivity index (χ2v) is 5.67. The summed E-state index contributed by atoms with van der Waals surface area (Å²) in [4.78, 5) is 26.0. The first-order valence-corrected chi connectivity index (χ1v) is 7.83. The van der Waals surface area contributed by atoms with Gasteiger partial charge in [-0.1, -0.05) is 13.3 Å². The van der Waals surface area contributed by atoms with Crippen LogP contribution in [0.15, 0.2) is 45.7 Å². The van der Waals surface area contributed by atoms with Crippen LogP contribution in [0.4, 0.5) is 5.69 Å². The van der Waals surface area contributed by atoms with Crippen molar-refractivity contribution >= 4 is 16.7 Å². The topological polar surface area (TPSA) is 95.5 Å². The lowest BCUT2D eigenvalue weighted by Gasteiger charge is -2.09. The minimum Gasteiger partial charge on any atom is -0.439 e. The molecular formula is C18H16N2O5. The molecule has 0 radical (unpaired) electrons. The Balaban J connectivity index is 1.97. The average molecular weight is 340 g/mol. The molecule has 0 unspecified atom stereocenters. The summed E-state index contributed by atoms with van der Waals surface area (Å²) in [5, 5.41) is 11.6. The van der Waals surface area contributed by atoms with Gasteiger partial charge in [0.15, 0.2) is 0 Å². The third-order valence-electron chi connectivity index (χ3n) is 3.76. The molecule has 2 aromatic heterocycles. The average Bonchev–Trinajstić information content (AvgIpc) is 2.56. The summed E-state index contributed by atoms with van der Waals surface area (Å²) >= 11 is 0. The molecule has 1 aromatic carbocycles. The smallest absolute Gasteiger partial charge is 0.336 e. The predicted octanol–water partition coefficient (Wildman–Crippen LogP) is 4.15. The quantitative estimate of drug-likeness (QED) is 0.393. The van der Waals surface area contributed by atoms with Crippen LogP contribution in [0.5, 0.6) is 11.6 Å². The number of rotatable bonds is 5. The predicted molar refractivity (Wildman–Crippen MR) is 92.2 cm³/mol. The molecule has 0 aliphatic carbocycles. The summed E-state index contributed by atoms with van der Waals surface area (Å²) in [5.74, 6) is 0.700. The maximum Gasteiger partial charge on any atom is 0.336 e. The molecule has 2 heterocycles. The number of nitro groups is 1. The number of ether oxygens (including phenoxy) is 1. The summed E-state index contributed by atoms with van der Waals surface area (Å²) in [7, 11) is 0. The van der Waals surface area contributed by atoms with Crippen molar-refractivity contribution in [3.05, 3.63) is 68.2 Å². The fraction of sp³-hybridized carbons (Fsp3) is 0.222. The van der Waals surface area contributed by atoms with E-state index in [1.165, 1.54) is 12.1 Å². The van der Waals surface area contributed by atoms with Crippen molar-refractivity contribution < 1.29 is 14.1 Å². The van der Waals surface area contributed by atoms with Crippen LogP contribution in [-0.4, -0.2) is 9.91 Å². The van der Waals surface area contributed by atoms with E-state index in [4.69, 9.17) is 9.15 Å². The number of benzene rings is 1. The van der Waals surface area contributed by atoms with Gasteiger partial charge in [0.2, 0.25) is 5.88 Å². The molecule has 0 spiro atoms. The van der Waals surface area contributed by atoms with Crippen LogP contribution in [0.25, 0.3) is 11.0 Å². The molecule has 0 bridgehead atoms. The van der Waals surface area contributed by atoms with E-state index in [-0.39, 0.29) is 11.6 Å². The van der Waals surface area contributed by atoms with Crippen LogP contribution < -0.4 is 10.4 Å². The normalized spacial score (nSPS) is 10.8. The first-order chi connectivity index (χ1) is 12.0. The Hall–Kier alpha value is -3.22. The van der Waals surface area contributed by atoms with Crippen molar-refractivity contribution in [1.82, 2.24) is 4.98 Å². The minimum atomic E-state index is -0.510. The molecule has 7 nitrogen and oxygen atoms in total. The number of aromatic nitrogens is 1. The van der Waals surface area contributed by atoms with E-state index >= 15 is 0 Å². The highest BCUT2D eigenvalue weighted by atomic mass is 16.6. The number of aryl methyl sites for hydroxylation is 2. The largest absolute Gasteiger partial charge is 0.439 e. The fourth-order valence-electron chi connectivity index (χ4n) is 2.62. The van der Waals surface area contributed by atoms with Gasteiger partial charge < -0.3 is 9.15 Å². The van der Waals surface area contributed by atoms with E-state index in [0.29, 0.717) is 16.9 Å². The van der Waals surface area contributed by atoms with E-state index < -0.39 is 10.5 Å². The van der Waals surface area contributed by atoms with E-state index in [2.05, 4.69) is 4.98 Å². The van der Waals surface area contributed by atoms with Crippen LogP contribution >= 0.6 is 0 Å². The number of pyridine rings is 1. The lowest BCUT2D eigenvalue weighted by molar-refractivity contribution is -0.385. The zero-order valence-electron chi connectivity index (χ0n) is 13.8. The molecule has 0 saturated carbocycles. The molecule has 25 heavy (non-hydrogen) atoms. The first-order valence-electron chi connectivity index (χ1n) is 7.83. The Morgan fingerprint density at radius 2 is 2.08 bits per heavy atom. The highest BCUT2D eigenvalue weighted by molar-refractivity contribution is 5.81. The number of nitrogens with zero attached hydrogens (tertiary/aromatic N) is 2. The second-order valence-electron chi connectivity index (χ2n) is 5.67. The molecule has 0 N–H and O–H groups in total. The highest BCUT2D eigenvalue weighted by Crippen LogP contribution is 2.29. The van der Waals surface area contributed by atoms with Gasteiger partial charge in [-0.15, -0.1) is 0 Å². The summed E-state index contributed by atoms with van der Waals surface area (Å²) in [5.41, 5.74) is 1.41. The van der Waals surface area contributed by atoms with Crippen molar-refractivity contribution in [2.45, 2.75) is 26.7 Å².